The van der Waals surface area contributed by atoms with E-state index in [4.69, 9.17) is 5.11 Å². The second-order valence-corrected chi connectivity index (χ2v) is 4.25. The lowest BCUT2D eigenvalue weighted by molar-refractivity contribution is -0.138. The Morgan fingerprint density at radius 1 is 1.28 bits per heavy atom. The van der Waals surface area contributed by atoms with Crippen LogP contribution in [0, 0.1) is 0 Å². The minimum Gasteiger partial charge on any atom is -0.481 e. The monoisotopic (exact) mass is 250 g/mol. The maximum absolute atomic E-state index is 12.0. The number of carboxylic acid groups (broad SMARTS) is 1. The highest BCUT2D eigenvalue weighted by Gasteiger charge is 2.31. The number of nitrogens with zero attached hydrogens (tertiary/aromatic N) is 1. The highest BCUT2D eigenvalue weighted by atomic mass is 16.4. The summed E-state index contributed by atoms with van der Waals surface area (Å²) < 4.78 is 0. The molecule has 0 atom stereocenters. The van der Waals surface area contributed by atoms with Gasteiger partial charge in [0.2, 0.25) is 0 Å². The van der Waals surface area contributed by atoms with Gasteiger partial charge in [-0.1, -0.05) is 13.8 Å². The molecule has 0 saturated heterocycles. The molecule has 1 rings (SSSR count). The predicted octanol–water partition coefficient (Wildman–Crippen LogP) is 1.84. The SMILES string of the molecule is CCC(CC)(CC(=O)O)NC(=O)c1ccncc1. The summed E-state index contributed by atoms with van der Waals surface area (Å²) in [5.74, 6) is -1.17. The summed E-state index contributed by atoms with van der Waals surface area (Å²) in [6.07, 6.45) is 4.15. The van der Waals surface area contributed by atoms with Crippen LogP contribution in [0.2, 0.25) is 0 Å². The third-order valence-electron chi connectivity index (χ3n) is 3.16. The molecule has 5 nitrogen and oxygen atoms in total. The Morgan fingerprint density at radius 2 is 1.83 bits per heavy atom. The highest BCUT2D eigenvalue weighted by molar-refractivity contribution is 5.94. The first-order valence-electron chi connectivity index (χ1n) is 5.97. The number of nitrogens with one attached hydrogen (secondary N) is 1. The molecular weight excluding hydrogens is 232 g/mol. The Kier molecular flexibility index (Phi) is 4.83. The summed E-state index contributed by atoms with van der Waals surface area (Å²) in [5, 5.41) is 11.8. The van der Waals surface area contributed by atoms with Crippen molar-refractivity contribution in [1.29, 1.82) is 0 Å². The van der Waals surface area contributed by atoms with E-state index in [-0.39, 0.29) is 12.3 Å². The molecule has 0 bridgehead atoms. The van der Waals surface area contributed by atoms with E-state index >= 15 is 0 Å². The lowest BCUT2D eigenvalue weighted by Gasteiger charge is -2.31. The molecule has 1 aromatic rings. The Balaban J connectivity index is 2.84. The third kappa shape index (κ3) is 3.55. The second-order valence-electron chi connectivity index (χ2n) is 4.25. The van der Waals surface area contributed by atoms with Crippen molar-refractivity contribution in [2.45, 2.75) is 38.6 Å². The normalized spacial score (nSPS) is 11.0. The smallest absolute Gasteiger partial charge is 0.305 e. The fraction of sp³-hybridized carbons (Fsp3) is 0.462. The first-order valence-corrected chi connectivity index (χ1v) is 5.97. The molecule has 0 spiro atoms. The first kappa shape index (κ1) is 14.2. The maximum atomic E-state index is 12.0. The Morgan fingerprint density at radius 3 is 2.28 bits per heavy atom. The number of carbonyl (C=O) groups is 2. The molecule has 5 heteroatoms. The van der Waals surface area contributed by atoms with Crippen LogP contribution in [0.5, 0.6) is 0 Å². The summed E-state index contributed by atoms with van der Waals surface area (Å²) in [6, 6.07) is 3.21. The summed E-state index contributed by atoms with van der Waals surface area (Å²) in [7, 11) is 0. The van der Waals surface area contributed by atoms with Crippen molar-refractivity contribution >= 4 is 11.9 Å². The van der Waals surface area contributed by atoms with Gasteiger partial charge in [0.25, 0.3) is 5.91 Å². The first-order chi connectivity index (χ1) is 8.53. The van der Waals surface area contributed by atoms with E-state index < -0.39 is 11.5 Å². The zero-order chi connectivity index (χ0) is 13.6. The molecule has 1 amide bonds. The number of carboxylic acids is 1. The topological polar surface area (TPSA) is 79.3 Å². The lowest BCUT2D eigenvalue weighted by atomic mass is 9.88. The Labute approximate surface area is 106 Å². The molecule has 0 unspecified atom stereocenters. The fourth-order valence-corrected chi connectivity index (χ4v) is 1.83. The third-order valence-corrected chi connectivity index (χ3v) is 3.16. The number of rotatable bonds is 6. The number of carbonyl (C=O) groups excluding carboxylic acids is 1. The maximum Gasteiger partial charge on any atom is 0.305 e. The largest absolute Gasteiger partial charge is 0.481 e. The molecule has 0 aliphatic carbocycles. The molecule has 0 radical (unpaired) electrons. The minimum absolute atomic E-state index is 0.0726. The molecule has 2 N–H and O–H groups in total. The number of pyridine rings is 1. The number of hydrogen-bond acceptors (Lipinski definition) is 3. The zero-order valence-corrected chi connectivity index (χ0v) is 10.6. The quantitative estimate of drug-likeness (QED) is 0.807. The van der Waals surface area contributed by atoms with Gasteiger partial charge in [0, 0.05) is 18.0 Å². The van der Waals surface area contributed by atoms with Crippen molar-refractivity contribution in [3.8, 4) is 0 Å². The van der Waals surface area contributed by atoms with Crippen LogP contribution in [0.25, 0.3) is 0 Å². The summed E-state index contributed by atoms with van der Waals surface area (Å²) in [4.78, 5) is 26.8. The molecule has 18 heavy (non-hydrogen) atoms. The van der Waals surface area contributed by atoms with Gasteiger partial charge in [-0.3, -0.25) is 14.6 Å². The number of aromatic nitrogens is 1. The van der Waals surface area contributed by atoms with Crippen LogP contribution in [-0.4, -0.2) is 27.5 Å². The van der Waals surface area contributed by atoms with Gasteiger partial charge in [0.15, 0.2) is 0 Å². The van der Waals surface area contributed by atoms with E-state index in [1.165, 1.54) is 12.4 Å². The van der Waals surface area contributed by atoms with Gasteiger partial charge in [-0.15, -0.1) is 0 Å². The average Bonchev–Trinajstić information content (AvgIpc) is 2.38. The molecule has 0 aromatic carbocycles. The summed E-state index contributed by atoms with van der Waals surface area (Å²) in [6.45, 7) is 3.75. The van der Waals surface area contributed by atoms with Crippen LogP contribution < -0.4 is 5.32 Å². The van der Waals surface area contributed by atoms with E-state index in [1.807, 2.05) is 13.8 Å². The van der Waals surface area contributed by atoms with Crippen LogP contribution >= 0.6 is 0 Å². The van der Waals surface area contributed by atoms with Crippen molar-refractivity contribution in [2.75, 3.05) is 0 Å². The predicted molar refractivity (Wildman–Crippen MR) is 67.3 cm³/mol. The van der Waals surface area contributed by atoms with Gasteiger partial charge < -0.3 is 10.4 Å². The average molecular weight is 250 g/mol. The van der Waals surface area contributed by atoms with E-state index in [1.54, 1.807) is 12.1 Å². The molecule has 1 heterocycles. The Bertz CT molecular complexity index is 414. The minimum atomic E-state index is -0.909. The van der Waals surface area contributed by atoms with Crippen molar-refractivity contribution in [3.63, 3.8) is 0 Å². The molecule has 0 aliphatic heterocycles. The second kappa shape index (κ2) is 6.14. The standard InChI is InChI=1S/C13H18N2O3/c1-3-13(4-2,9-11(16)17)15-12(18)10-5-7-14-8-6-10/h5-8H,3-4,9H2,1-2H3,(H,15,18)(H,16,17). The zero-order valence-electron chi connectivity index (χ0n) is 10.6. The van der Waals surface area contributed by atoms with E-state index in [2.05, 4.69) is 10.3 Å². The van der Waals surface area contributed by atoms with Crippen LogP contribution in [0.15, 0.2) is 24.5 Å². The van der Waals surface area contributed by atoms with Gasteiger partial charge in [-0.05, 0) is 25.0 Å². The van der Waals surface area contributed by atoms with Crippen molar-refractivity contribution in [2.24, 2.45) is 0 Å². The highest BCUT2D eigenvalue weighted by Crippen LogP contribution is 2.20. The Hall–Kier alpha value is -1.91. The van der Waals surface area contributed by atoms with Gasteiger partial charge >= 0.3 is 5.97 Å². The van der Waals surface area contributed by atoms with E-state index in [0.717, 1.165) is 0 Å². The van der Waals surface area contributed by atoms with E-state index in [9.17, 15) is 9.59 Å². The van der Waals surface area contributed by atoms with Crippen LogP contribution in [0.1, 0.15) is 43.5 Å². The van der Waals surface area contributed by atoms with Gasteiger partial charge in [0.05, 0.1) is 12.0 Å². The summed E-state index contributed by atoms with van der Waals surface area (Å²) >= 11 is 0. The van der Waals surface area contributed by atoms with Crippen molar-refractivity contribution in [1.82, 2.24) is 10.3 Å². The number of amides is 1. The van der Waals surface area contributed by atoms with Gasteiger partial charge in [-0.25, -0.2) is 0 Å². The molecule has 1 aromatic heterocycles. The molecule has 0 saturated carbocycles. The number of hydrogen-bond donors (Lipinski definition) is 2. The number of aliphatic carboxylic acids is 1. The molecular formula is C13H18N2O3. The van der Waals surface area contributed by atoms with Crippen LogP contribution in [-0.2, 0) is 4.79 Å². The molecule has 0 aliphatic rings. The lowest BCUT2D eigenvalue weighted by Crippen LogP contribution is -2.49. The van der Waals surface area contributed by atoms with Crippen LogP contribution in [0.4, 0.5) is 0 Å². The van der Waals surface area contributed by atoms with Crippen molar-refractivity contribution in [3.05, 3.63) is 30.1 Å². The van der Waals surface area contributed by atoms with E-state index in [0.29, 0.717) is 18.4 Å². The van der Waals surface area contributed by atoms with Crippen LogP contribution in [0.3, 0.4) is 0 Å². The molecule has 0 fully saturated rings. The fourth-order valence-electron chi connectivity index (χ4n) is 1.83. The van der Waals surface area contributed by atoms with Gasteiger partial charge in [0.1, 0.15) is 0 Å². The van der Waals surface area contributed by atoms with Crippen molar-refractivity contribution < 1.29 is 14.7 Å². The van der Waals surface area contributed by atoms with Gasteiger partial charge in [-0.2, -0.15) is 0 Å². The molecule has 98 valence electrons. The summed E-state index contributed by atoms with van der Waals surface area (Å²) in [5.41, 5.74) is -0.201.